The topological polar surface area (TPSA) is 152 Å². The number of carboxylic acids is 1. The molecule has 11 nitrogen and oxygen atoms in total. The summed E-state index contributed by atoms with van der Waals surface area (Å²) in [6, 6.07) is 17.4. The number of hydrogen-bond acceptors (Lipinski definition) is 6. The fourth-order valence-corrected chi connectivity index (χ4v) is 5.71. The third-order valence-electron chi connectivity index (χ3n) is 7.66. The fourth-order valence-electron chi connectivity index (χ4n) is 5.71. The molecule has 0 bridgehead atoms. The quantitative estimate of drug-likeness (QED) is 0.256. The van der Waals surface area contributed by atoms with E-state index in [4.69, 9.17) is 4.74 Å². The molecule has 41 heavy (non-hydrogen) atoms. The second kappa shape index (κ2) is 10.1. The number of hydrogen-bond donors (Lipinski definition) is 4. The zero-order chi connectivity index (χ0) is 28.8. The summed E-state index contributed by atoms with van der Waals surface area (Å²) in [6.45, 7) is -0.824. The van der Waals surface area contributed by atoms with Crippen LogP contribution in [-0.2, 0) is 16.0 Å². The van der Waals surface area contributed by atoms with Crippen LogP contribution in [0.4, 0.5) is 10.5 Å². The van der Waals surface area contributed by atoms with Crippen LogP contribution in [0.25, 0.3) is 10.9 Å². The van der Waals surface area contributed by atoms with Gasteiger partial charge < -0.3 is 25.3 Å². The van der Waals surface area contributed by atoms with Gasteiger partial charge in [0, 0.05) is 23.0 Å². The van der Waals surface area contributed by atoms with Crippen molar-refractivity contribution >= 4 is 40.4 Å². The maximum Gasteiger partial charge on any atom is 0.332 e. The van der Waals surface area contributed by atoms with Crippen molar-refractivity contribution in [2.24, 2.45) is 0 Å². The first-order chi connectivity index (χ1) is 19.8. The Balaban J connectivity index is 1.45. The molecule has 4 amide bonds. The predicted octanol–water partition coefficient (Wildman–Crippen LogP) is 2.83. The van der Waals surface area contributed by atoms with Crippen LogP contribution in [0.15, 0.2) is 72.8 Å². The number of aromatic amines is 1. The number of imide groups is 1. The van der Waals surface area contributed by atoms with E-state index in [1.54, 1.807) is 31.4 Å². The third-order valence-corrected chi connectivity index (χ3v) is 7.66. The Bertz CT molecular complexity index is 1700. The summed E-state index contributed by atoms with van der Waals surface area (Å²) < 4.78 is 5.32. The monoisotopic (exact) mass is 554 g/mol. The van der Waals surface area contributed by atoms with Crippen LogP contribution >= 0.6 is 0 Å². The Morgan fingerprint density at radius 3 is 2.46 bits per heavy atom. The molecule has 6 rings (SSSR count). The van der Waals surface area contributed by atoms with Crippen LogP contribution in [0, 0.1) is 0 Å². The molecule has 0 spiro atoms. The number of carbonyl (C=O) groups is 4. The normalized spacial score (nSPS) is 18.7. The van der Waals surface area contributed by atoms with Gasteiger partial charge in [-0.2, -0.15) is 0 Å². The number of benzene rings is 3. The van der Waals surface area contributed by atoms with Crippen LogP contribution in [0.2, 0.25) is 0 Å². The number of anilines is 1. The molecule has 4 aromatic rings. The van der Waals surface area contributed by atoms with Crippen LogP contribution in [0.3, 0.4) is 0 Å². The van der Waals surface area contributed by atoms with Gasteiger partial charge in [0.25, 0.3) is 11.8 Å². The minimum absolute atomic E-state index is 0.0264. The SMILES string of the molecule is COc1ccc([C@H]2c3[nH]c4ccccc4c3C[C@H]3C(=O)N(c4ccccc4C(=O)N[C@@H](CO)C(=O)O)C(=O)N23)cc1. The molecule has 1 fully saturated rings. The molecule has 11 heteroatoms. The van der Waals surface area contributed by atoms with E-state index in [1.165, 1.54) is 17.0 Å². The van der Waals surface area contributed by atoms with Gasteiger partial charge in [0.05, 0.1) is 25.0 Å². The van der Waals surface area contributed by atoms with Gasteiger partial charge in [0.2, 0.25) is 0 Å². The summed E-state index contributed by atoms with van der Waals surface area (Å²) in [5, 5.41) is 21.9. The number of carboxylic acid groups (broad SMARTS) is 1. The number of nitrogens with one attached hydrogen (secondary N) is 2. The largest absolute Gasteiger partial charge is 0.497 e. The van der Waals surface area contributed by atoms with E-state index >= 15 is 0 Å². The second-order valence-corrected chi connectivity index (χ2v) is 9.89. The first-order valence-corrected chi connectivity index (χ1v) is 13.0. The Labute approximate surface area is 233 Å². The molecule has 1 saturated heterocycles. The minimum Gasteiger partial charge on any atom is -0.497 e. The van der Waals surface area contributed by atoms with Crippen molar-refractivity contribution in [3.05, 3.63) is 95.2 Å². The van der Waals surface area contributed by atoms with E-state index in [1.807, 2.05) is 36.4 Å². The smallest absolute Gasteiger partial charge is 0.332 e. The van der Waals surface area contributed by atoms with Gasteiger partial charge in [-0.3, -0.25) is 14.5 Å². The van der Waals surface area contributed by atoms with E-state index in [0.29, 0.717) is 5.75 Å². The van der Waals surface area contributed by atoms with E-state index in [2.05, 4.69) is 10.3 Å². The molecule has 3 heterocycles. The molecule has 0 saturated carbocycles. The highest BCUT2D eigenvalue weighted by molar-refractivity contribution is 6.24. The standard InChI is InChI=1S/C30H26N4O7/c1-41-17-12-10-16(11-13-17)26-25-20(18-6-2-4-8-21(18)31-25)14-24-28(37)34(30(40)33(24)26)23-9-5-3-7-19(23)27(36)32-22(15-35)29(38)39/h2-13,22,24,26,31,35H,14-15H2,1H3,(H,32,36)(H,38,39)/t22-,24-,26-/m0/s1. The van der Waals surface area contributed by atoms with Crippen molar-refractivity contribution < 1.29 is 34.1 Å². The number of aliphatic hydroxyl groups excluding tert-OH is 1. The molecule has 1 aromatic heterocycles. The van der Waals surface area contributed by atoms with Gasteiger partial charge in [0.15, 0.2) is 6.04 Å². The highest BCUT2D eigenvalue weighted by Gasteiger charge is 2.53. The number of ether oxygens (including phenoxy) is 1. The number of urea groups is 1. The van der Waals surface area contributed by atoms with Gasteiger partial charge in [0.1, 0.15) is 17.8 Å². The van der Waals surface area contributed by atoms with E-state index in [0.717, 1.165) is 32.6 Å². The third kappa shape index (κ3) is 4.18. The zero-order valence-corrected chi connectivity index (χ0v) is 21.9. The number of carbonyl (C=O) groups excluding carboxylic acids is 3. The maximum absolute atomic E-state index is 14.2. The summed E-state index contributed by atoms with van der Waals surface area (Å²) in [6.07, 6.45) is 0.271. The number of amides is 4. The summed E-state index contributed by atoms with van der Waals surface area (Å²) in [7, 11) is 1.56. The zero-order valence-electron chi connectivity index (χ0n) is 21.9. The molecule has 2 aliphatic heterocycles. The van der Waals surface area contributed by atoms with Gasteiger partial charge in [-0.05, 0) is 41.5 Å². The number of rotatable bonds is 7. The van der Waals surface area contributed by atoms with Gasteiger partial charge in [-0.1, -0.05) is 42.5 Å². The highest BCUT2D eigenvalue weighted by atomic mass is 16.5. The Morgan fingerprint density at radius 2 is 1.76 bits per heavy atom. The number of methoxy groups -OCH3 is 1. The molecular weight excluding hydrogens is 528 g/mol. The molecule has 4 N–H and O–H groups in total. The molecule has 3 atom stereocenters. The van der Waals surface area contributed by atoms with Gasteiger partial charge in [-0.25, -0.2) is 14.5 Å². The summed E-state index contributed by atoms with van der Waals surface area (Å²) in [4.78, 5) is 58.7. The van der Waals surface area contributed by atoms with Crippen molar-refractivity contribution in [3.8, 4) is 5.75 Å². The van der Waals surface area contributed by atoms with Crippen molar-refractivity contribution in [3.63, 3.8) is 0 Å². The lowest BCUT2D eigenvalue weighted by atomic mass is 9.89. The highest BCUT2D eigenvalue weighted by Crippen LogP contribution is 2.45. The molecule has 2 aliphatic rings. The number of aliphatic hydroxyl groups is 1. The molecule has 0 aliphatic carbocycles. The van der Waals surface area contributed by atoms with E-state index in [9.17, 15) is 29.4 Å². The molecular formula is C30H26N4O7. The van der Waals surface area contributed by atoms with Crippen LogP contribution < -0.4 is 15.0 Å². The number of H-pyrrole nitrogens is 1. The van der Waals surface area contributed by atoms with Crippen molar-refractivity contribution in [2.75, 3.05) is 18.6 Å². The molecule has 0 radical (unpaired) electrons. The summed E-state index contributed by atoms with van der Waals surface area (Å²) >= 11 is 0. The minimum atomic E-state index is -1.55. The van der Waals surface area contributed by atoms with Crippen LogP contribution in [-0.4, -0.2) is 69.7 Å². The number of para-hydroxylation sites is 2. The maximum atomic E-state index is 14.2. The number of aromatic nitrogens is 1. The molecule has 3 aromatic carbocycles. The summed E-state index contributed by atoms with van der Waals surface area (Å²) in [5.41, 5.74) is 3.35. The Hall–Kier alpha value is -5.16. The number of aliphatic carboxylic acids is 1. The van der Waals surface area contributed by atoms with E-state index < -0.39 is 48.5 Å². The summed E-state index contributed by atoms with van der Waals surface area (Å²) in [5.74, 6) is -2.11. The lowest BCUT2D eigenvalue weighted by Gasteiger charge is -2.36. The lowest BCUT2D eigenvalue weighted by molar-refractivity contribution is -0.140. The van der Waals surface area contributed by atoms with Crippen LogP contribution in [0.1, 0.15) is 33.2 Å². The van der Waals surface area contributed by atoms with Gasteiger partial charge >= 0.3 is 12.0 Å². The average Bonchev–Trinajstić information content (AvgIpc) is 3.48. The van der Waals surface area contributed by atoms with Crippen molar-refractivity contribution in [1.82, 2.24) is 15.2 Å². The van der Waals surface area contributed by atoms with Gasteiger partial charge in [-0.15, -0.1) is 0 Å². The predicted molar refractivity (Wildman–Crippen MR) is 148 cm³/mol. The Morgan fingerprint density at radius 1 is 1.05 bits per heavy atom. The van der Waals surface area contributed by atoms with Crippen LogP contribution in [0.5, 0.6) is 5.75 Å². The number of nitrogens with zero attached hydrogens (tertiary/aromatic N) is 2. The molecule has 208 valence electrons. The lowest BCUT2D eigenvalue weighted by Crippen LogP contribution is -2.44. The first kappa shape index (κ1) is 26.1. The van der Waals surface area contributed by atoms with E-state index in [-0.39, 0.29) is 17.7 Å². The molecule has 0 unspecified atom stereocenters. The van der Waals surface area contributed by atoms with Crippen molar-refractivity contribution in [1.29, 1.82) is 0 Å². The number of fused-ring (bicyclic) bond motifs is 4. The fraction of sp³-hybridized carbons (Fsp3) is 0.200. The Kier molecular flexibility index (Phi) is 6.43. The van der Waals surface area contributed by atoms with Crippen molar-refractivity contribution in [2.45, 2.75) is 24.5 Å². The first-order valence-electron chi connectivity index (χ1n) is 13.0. The average molecular weight is 555 g/mol. The second-order valence-electron chi connectivity index (χ2n) is 9.89.